The number of para-hydroxylation sites is 1. The molecule has 0 aromatic heterocycles. The highest BCUT2D eigenvalue weighted by Crippen LogP contribution is 2.49. The Morgan fingerprint density at radius 2 is 2.08 bits per heavy atom. The number of methoxy groups -OCH3 is 1. The minimum absolute atomic E-state index is 0.661. The maximum atomic E-state index is 5.27. The van der Waals surface area contributed by atoms with Crippen LogP contribution in [0.3, 0.4) is 0 Å². The Labute approximate surface area is 80.9 Å². The Hall–Kier alpha value is -0.500. The molecule has 2 heteroatoms. The summed E-state index contributed by atoms with van der Waals surface area (Å²) in [6, 6.07) is 8.24. The summed E-state index contributed by atoms with van der Waals surface area (Å²) in [4.78, 5) is 0.661. The van der Waals surface area contributed by atoms with E-state index in [1.807, 2.05) is 12.1 Å². The van der Waals surface area contributed by atoms with Gasteiger partial charge in [-0.3, -0.25) is 0 Å². The molecule has 0 bridgehead atoms. The summed E-state index contributed by atoms with van der Waals surface area (Å²) in [5, 5.41) is 0. The molecule has 1 fully saturated rings. The minimum atomic E-state index is 0.661. The van der Waals surface area contributed by atoms with Crippen molar-refractivity contribution in [2.45, 2.75) is 17.2 Å². The second kappa shape index (κ2) is 3.09. The zero-order chi connectivity index (χ0) is 8.55. The normalized spacial score (nSPS) is 26.8. The Morgan fingerprint density at radius 1 is 1.42 bits per heavy atom. The van der Waals surface area contributed by atoms with Gasteiger partial charge in [0.25, 0.3) is 0 Å². The van der Waals surface area contributed by atoms with E-state index >= 15 is 0 Å². The molecular formula is C10H11BrO. The first kappa shape index (κ1) is 8.11. The predicted octanol–water partition coefficient (Wildman–Crippen LogP) is 2.95. The Bertz CT molecular complexity index is 285. The lowest BCUT2D eigenvalue weighted by atomic mass is 10.1. The predicted molar refractivity (Wildman–Crippen MR) is 53.1 cm³/mol. The van der Waals surface area contributed by atoms with Crippen LogP contribution < -0.4 is 4.74 Å². The molecule has 1 saturated carbocycles. The molecule has 1 aliphatic carbocycles. The van der Waals surface area contributed by atoms with Crippen LogP contribution in [0.4, 0.5) is 0 Å². The van der Waals surface area contributed by atoms with Gasteiger partial charge in [-0.2, -0.15) is 0 Å². The second-order valence-electron chi connectivity index (χ2n) is 3.10. The van der Waals surface area contributed by atoms with Gasteiger partial charge in [0, 0.05) is 10.7 Å². The molecule has 0 radical (unpaired) electrons. The van der Waals surface area contributed by atoms with E-state index in [2.05, 4.69) is 28.1 Å². The van der Waals surface area contributed by atoms with E-state index in [-0.39, 0.29) is 0 Å². The maximum absolute atomic E-state index is 5.27. The first-order chi connectivity index (χ1) is 5.83. The van der Waals surface area contributed by atoms with Gasteiger partial charge in [-0.25, -0.2) is 0 Å². The molecule has 0 spiro atoms. The Balaban J connectivity index is 2.29. The number of benzene rings is 1. The smallest absolute Gasteiger partial charge is 0.122 e. The van der Waals surface area contributed by atoms with Crippen molar-refractivity contribution in [1.82, 2.24) is 0 Å². The average Bonchev–Trinajstić information content (AvgIpc) is 2.83. The lowest BCUT2D eigenvalue weighted by molar-refractivity contribution is 0.410. The van der Waals surface area contributed by atoms with Crippen molar-refractivity contribution in [1.29, 1.82) is 0 Å². The molecule has 2 rings (SSSR count). The fourth-order valence-electron chi connectivity index (χ4n) is 1.46. The number of ether oxygens (including phenoxy) is 1. The van der Waals surface area contributed by atoms with E-state index in [0.29, 0.717) is 10.7 Å². The first-order valence-electron chi connectivity index (χ1n) is 4.10. The summed E-state index contributed by atoms with van der Waals surface area (Å²) in [5.74, 6) is 1.69. The molecule has 1 aromatic rings. The van der Waals surface area contributed by atoms with Gasteiger partial charge in [-0.1, -0.05) is 34.1 Å². The number of halogens is 1. The zero-order valence-electron chi connectivity index (χ0n) is 6.96. The number of hydrogen-bond donors (Lipinski definition) is 0. The van der Waals surface area contributed by atoms with Crippen LogP contribution in [0.25, 0.3) is 0 Å². The van der Waals surface area contributed by atoms with Gasteiger partial charge >= 0.3 is 0 Å². The van der Waals surface area contributed by atoms with Crippen LogP contribution >= 0.6 is 15.9 Å². The summed E-state index contributed by atoms with van der Waals surface area (Å²) in [7, 11) is 1.73. The van der Waals surface area contributed by atoms with Crippen molar-refractivity contribution in [3.8, 4) is 5.75 Å². The topological polar surface area (TPSA) is 9.23 Å². The van der Waals surface area contributed by atoms with Gasteiger partial charge in [0.2, 0.25) is 0 Å². The quantitative estimate of drug-likeness (QED) is 0.706. The third-order valence-electron chi connectivity index (χ3n) is 2.25. The van der Waals surface area contributed by atoms with Crippen LogP contribution in [-0.2, 0) is 0 Å². The number of alkyl halides is 1. The van der Waals surface area contributed by atoms with E-state index in [0.717, 1.165) is 5.75 Å². The minimum Gasteiger partial charge on any atom is -0.496 e. The van der Waals surface area contributed by atoms with Crippen molar-refractivity contribution in [2.75, 3.05) is 7.11 Å². The highest BCUT2D eigenvalue weighted by Gasteiger charge is 2.37. The molecule has 0 heterocycles. The third kappa shape index (κ3) is 1.36. The number of rotatable bonds is 2. The highest BCUT2D eigenvalue weighted by molar-refractivity contribution is 9.09. The fourth-order valence-corrected chi connectivity index (χ4v) is 2.15. The molecule has 64 valence electrons. The molecule has 0 aliphatic heterocycles. The SMILES string of the molecule is COc1ccccc1C1CC1Br. The largest absolute Gasteiger partial charge is 0.496 e. The van der Waals surface area contributed by atoms with E-state index in [1.54, 1.807) is 7.11 Å². The first-order valence-corrected chi connectivity index (χ1v) is 5.01. The van der Waals surface area contributed by atoms with E-state index in [9.17, 15) is 0 Å². The molecule has 1 nitrogen and oxygen atoms in total. The Kier molecular flexibility index (Phi) is 2.09. The lowest BCUT2D eigenvalue weighted by Gasteiger charge is -2.05. The van der Waals surface area contributed by atoms with Crippen LogP contribution in [-0.4, -0.2) is 11.9 Å². The average molecular weight is 227 g/mol. The van der Waals surface area contributed by atoms with Crippen molar-refractivity contribution >= 4 is 15.9 Å². The van der Waals surface area contributed by atoms with Gasteiger partial charge in [-0.15, -0.1) is 0 Å². The van der Waals surface area contributed by atoms with Crippen molar-refractivity contribution in [3.05, 3.63) is 29.8 Å². The van der Waals surface area contributed by atoms with Crippen LogP contribution in [0.2, 0.25) is 0 Å². The molecule has 0 amide bonds. The molecule has 1 aliphatic rings. The molecule has 12 heavy (non-hydrogen) atoms. The standard InChI is InChI=1S/C10H11BrO/c1-12-10-5-3-2-4-7(10)8-6-9(8)11/h2-5,8-9H,6H2,1H3. The molecule has 2 unspecified atom stereocenters. The van der Waals surface area contributed by atoms with Gasteiger partial charge in [0.1, 0.15) is 5.75 Å². The lowest BCUT2D eigenvalue weighted by Crippen LogP contribution is -1.89. The molecule has 2 atom stereocenters. The van der Waals surface area contributed by atoms with Gasteiger partial charge in [0.05, 0.1) is 7.11 Å². The van der Waals surface area contributed by atoms with Crippen LogP contribution in [0.1, 0.15) is 17.9 Å². The Morgan fingerprint density at radius 3 is 2.67 bits per heavy atom. The van der Waals surface area contributed by atoms with Crippen LogP contribution in [0.15, 0.2) is 24.3 Å². The summed E-state index contributed by atoms with van der Waals surface area (Å²) in [6.07, 6.45) is 1.24. The summed E-state index contributed by atoms with van der Waals surface area (Å²) >= 11 is 3.59. The fraction of sp³-hybridized carbons (Fsp3) is 0.400. The second-order valence-corrected chi connectivity index (χ2v) is 4.28. The summed E-state index contributed by atoms with van der Waals surface area (Å²) < 4.78 is 5.27. The molecule has 1 aromatic carbocycles. The van der Waals surface area contributed by atoms with E-state index in [4.69, 9.17) is 4.74 Å². The maximum Gasteiger partial charge on any atom is 0.122 e. The highest BCUT2D eigenvalue weighted by atomic mass is 79.9. The van der Waals surface area contributed by atoms with Gasteiger partial charge < -0.3 is 4.74 Å². The third-order valence-corrected chi connectivity index (χ3v) is 3.26. The van der Waals surface area contributed by atoms with Gasteiger partial charge in [-0.05, 0) is 18.1 Å². The van der Waals surface area contributed by atoms with Crippen molar-refractivity contribution < 1.29 is 4.74 Å². The molecular weight excluding hydrogens is 216 g/mol. The van der Waals surface area contributed by atoms with Crippen molar-refractivity contribution in [2.24, 2.45) is 0 Å². The zero-order valence-corrected chi connectivity index (χ0v) is 8.54. The van der Waals surface area contributed by atoms with Crippen molar-refractivity contribution in [3.63, 3.8) is 0 Å². The summed E-state index contributed by atoms with van der Waals surface area (Å²) in [5.41, 5.74) is 1.34. The molecule has 0 N–H and O–H groups in total. The monoisotopic (exact) mass is 226 g/mol. The number of hydrogen-bond acceptors (Lipinski definition) is 1. The molecule has 0 saturated heterocycles. The van der Waals surface area contributed by atoms with Gasteiger partial charge in [0.15, 0.2) is 0 Å². The van der Waals surface area contributed by atoms with E-state index < -0.39 is 0 Å². The van der Waals surface area contributed by atoms with Crippen LogP contribution in [0, 0.1) is 0 Å². The summed E-state index contributed by atoms with van der Waals surface area (Å²) in [6.45, 7) is 0. The van der Waals surface area contributed by atoms with Crippen LogP contribution in [0.5, 0.6) is 5.75 Å². The van der Waals surface area contributed by atoms with E-state index in [1.165, 1.54) is 12.0 Å².